The molecule has 0 fully saturated rings. The predicted molar refractivity (Wildman–Crippen MR) is 162 cm³/mol. The van der Waals surface area contributed by atoms with E-state index in [9.17, 15) is 18.3 Å². The van der Waals surface area contributed by atoms with Gasteiger partial charge in [-0.15, -0.1) is 0 Å². The Morgan fingerprint density at radius 1 is 0.829 bits per heavy atom. The highest BCUT2D eigenvalue weighted by Crippen LogP contribution is 2.29. The van der Waals surface area contributed by atoms with Gasteiger partial charge >= 0.3 is 0 Å². The van der Waals surface area contributed by atoms with Crippen molar-refractivity contribution in [1.82, 2.24) is 10.0 Å². The summed E-state index contributed by atoms with van der Waals surface area (Å²) in [5.41, 5.74) is 4.57. The maximum absolute atomic E-state index is 13.0. The molecule has 0 aliphatic carbocycles. The number of amides is 1. The Morgan fingerprint density at radius 3 is 2.12 bits per heavy atom. The molecular formula is C33H36N2O5S. The van der Waals surface area contributed by atoms with Crippen molar-refractivity contribution in [3.05, 3.63) is 125 Å². The zero-order chi connectivity index (χ0) is 29.2. The van der Waals surface area contributed by atoms with E-state index in [2.05, 4.69) is 10.0 Å². The maximum Gasteiger partial charge on any atom is 0.268 e. The molecule has 0 saturated carbocycles. The number of hydrogen-bond donors (Lipinski definition) is 3. The second kappa shape index (κ2) is 14.1. The quantitative estimate of drug-likeness (QED) is 0.189. The Kier molecular flexibility index (Phi) is 10.3. The molecule has 0 saturated heterocycles. The van der Waals surface area contributed by atoms with Crippen molar-refractivity contribution in [2.75, 3.05) is 13.1 Å². The van der Waals surface area contributed by atoms with Crippen LogP contribution >= 0.6 is 0 Å². The van der Waals surface area contributed by atoms with E-state index in [1.807, 2.05) is 68.4 Å². The number of carbonyl (C=O) groups is 1. The lowest BCUT2D eigenvalue weighted by Crippen LogP contribution is -2.32. The third-order valence-corrected chi connectivity index (χ3v) is 7.65. The number of carbonyl (C=O) groups excluding carboxylic acids is 1. The largest absolute Gasteiger partial charge is 0.490 e. The molecule has 0 spiro atoms. The molecule has 0 heterocycles. The van der Waals surface area contributed by atoms with Crippen LogP contribution in [0.5, 0.6) is 5.75 Å². The molecule has 4 aromatic carbocycles. The summed E-state index contributed by atoms with van der Waals surface area (Å²) in [7, 11) is -3.90. The van der Waals surface area contributed by atoms with Gasteiger partial charge in [0.1, 0.15) is 5.75 Å². The fourth-order valence-corrected chi connectivity index (χ4v) is 5.49. The van der Waals surface area contributed by atoms with Crippen LogP contribution < -0.4 is 14.8 Å². The molecule has 214 valence electrons. The summed E-state index contributed by atoms with van der Waals surface area (Å²) in [4.78, 5) is 13.0. The lowest BCUT2D eigenvalue weighted by molar-refractivity contribution is 0.0975. The highest BCUT2D eigenvalue weighted by Gasteiger charge is 2.21. The summed E-state index contributed by atoms with van der Waals surface area (Å²) in [5.74, 6) is -0.716. The van der Waals surface area contributed by atoms with Crippen molar-refractivity contribution in [2.24, 2.45) is 0 Å². The third kappa shape index (κ3) is 9.01. The highest BCUT2D eigenvalue weighted by atomic mass is 32.2. The lowest BCUT2D eigenvalue weighted by atomic mass is 10.0. The third-order valence-electron chi connectivity index (χ3n) is 6.44. The molecule has 41 heavy (non-hydrogen) atoms. The first kappa shape index (κ1) is 30.0. The molecule has 4 aromatic rings. The van der Waals surface area contributed by atoms with Crippen LogP contribution in [0, 0.1) is 0 Å². The van der Waals surface area contributed by atoms with Gasteiger partial charge in [-0.3, -0.25) is 4.79 Å². The fraction of sp³-hybridized carbons (Fsp3) is 0.242. The number of hydrogen-bond acceptors (Lipinski definition) is 6. The Hall–Kier alpha value is -3.98. The average molecular weight is 573 g/mol. The first-order chi connectivity index (χ1) is 19.7. The molecule has 0 aliphatic rings. The van der Waals surface area contributed by atoms with Crippen LogP contribution in [0.1, 0.15) is 47.0 Å². The van der Waals surface area contributed by atoms with Crippen LogP contribution in [0.3, 0.4) is 0 Å². The normalized spacial score (nSPS) is 12.2. The second-order valence-corrected chi connectivity index (χ2v) is 11.9. The van der Waals surface area contributed by atoms with Crippen molar-refractivity contribution in [3.63, 3.8) is 0 Å². The van der Waals surface area contributed by atoms with Crippen LogP contribution in [-0.2, 0) is 22.2 Å². The van der Waals surface area contributed by atoms with Crippen molar-refractivity contribution in [3.8, 4) is 16.9 Å². The molecular weight excluding hydrogens is 536 g/mol. The molecule has 7 nitrogen and oxygen atoms in total. The summed E-state index contributed by atoms with van der Waals surface area (Å²) in [5, 5.41) is 13.6. The Morgan fingerprint density at radius 2 is 1.46 bits per heavy atom. The summed E-state index contributed by atoms with van der Waals surface area (Å²) in [6, 6.07) is 31.5. The van der Waals surface area contributed by atoms with Gasteiger partial charge < -0.3 is 15.2 Å². The molecule has 8 heteroatoms. The second-order valence-electron chi connectivity index (χ2n) is 10.1. The molecule has 1 amide bonds. The lowest BCUT2D eigenvalue weighted by Gasteiger charge is -2.16. The van der Waals surface area contributed by atoms with Crippen molar-refractivity contribution in [1.29, 1.82) is 0 Å². The van der Waals surface area contributed by atoms with Crippen molar-refractivity contribution in [2.45, 2.75) is 38.2 Å². The first-order valence-corrected chi connectivity index (χ1v) is 15.3. The van der Waals surface area contributed by atoms with E-state index in [0.717, 1.165) is 35.2 Å². The Bertz CT molecular complexity index is 1520. The predicted octanol–water partition coefficient (Wildman–Crippen LogP) is 5.27. The SMILES string of the molecule is CC(C)Oc1cc(-c2ccc(CCNC[C@@H](O)c3ccccc3)cc2)ccc1C(=O)NS(=O)(=O)Cc1ccccc1. The molecule has 0 unspecified atom stereocenters. The average Bonchev–Trinajstić information content (AvgIpc) is 2.95. The number of aliphatic hydroxyl groups is 1. The Balaban J connectivity index is 1.39. The van der Waals surface area contributed by atoms with Crippen LogP contribution in [0.25, 0.3) is 11.1 Å². The molecule has 0 radical (unpaired) electrons. The summed E-state index contributed by atoms with van der Waals surface area (Å²) in [6.45, 7) is 4.91. The van der Waals surface area contributed by atoms with Gasteiger partial charge in [-0.25, -0.2) is 13.1 Å². The summed E-state index contributed by atoms with van der Waals surface area (Å²) >= 11 is 0. The number of ether oxygens (including phenoxy) is 1. The Labute approximate surface area is 242 Å². The van der Waals surface area contributed by atoms with Crippen LogP contribution in [0.15, 0.2) is 103 Å². The topological polar surface area (TPSA) is 105 Å². The van der Waals surface area contributed by atoms with Gasteiger partial charge in [0.2, 0.25) is 10.0 Å². The summed E-state index contributed by atoms with van der Waals surface area (Å²) < 4.78 is 33.4. The molecule has 4 rings (SSSR count). The van der Waals surface area contributed by atoms with Gasteiger partial charge in [0.25, 0.3) is 5.91 Å². The fourth-order valence-electron chi connectivity index (χ4n) is 4.40. The smallest absolute Gasteiger partial charge is 0.268 e. The molecule has 0 aliphatic heterocycles. The minimum Gasteiger partial charge on any atom is -0.490 e. The van der Waals surface area contributed by atoms with Crippen molar-refractivity contribution < 1.29 is 23.1 Å². The van der Waals surface area contributed by atoms with Gasteiger partial charge in [-0.05, 0) is 66.8 Å². The molecule has 0 bridgehead atoms. The molecule has 1 atom stereocenters. The minimum absolute atomic E-state index is 0.152. The highest BCUT2D eigenvalue weighted by molar-refractivity contribution is 7.89. The van der Waals surface area contributed by atoms with Gasteiger partial charge in [0, 0.05) is 6.54 Å². The van der Waals surface area contributed by atoms with E-state index in [4.69, 9.17) is 4.74 Å². The van der Waals surface area contributed by atoms with Crippen LogP contribution in [0.2, 0.25) is 0 Å². The standard InChI is InChI=1S/C33H36N2O5S/c1-24(2)40-32-21-29(17-18-30(32)33(37)35-41(38,39)23-26-9-5-3-6-10-26)27-15-13-25(14-16-27)19-20-34-22-31(36)28-11-7-4-8-12-28/h3-18,21,24,31,34,36H,19-20,22-23H2,1-2H3,(H,35,37)/t31-/m1/s1. The number of sulfonamides is 1. The number of benzene rings is 4. The van der Waals surface area contributed by atoms with Gasteiger partial charge in [-0.2, -0.15) is 0 Å². The van der Waals surface area contributed by atoms with E-state index in [1.54, 1.807) is 48.5 Å². The number of nitrogens with one attached hydrogen (secondary N) is 2. The molecule has 0 aromatic heterocycles. The van der Waals surface area contributed by atoms with E-state index < -0.39 is 22.0 Å². The maximum atomic E-state index is 13.0. The zero-order valence-corrected chi connectivity index (χ0v) is 24.1. The molecule has 3 N–H and O–H groups in total. The van der Waals surface area contributed by atoms with Crippen LogP contribution in [-0.4, -0.2) is 38.6 Å². The number of aliphatic hydroxyl groups excluding tert-OH is 1. The zero-order valence-electron chi connectivity index (χ0n) is 23.3. The van der Waals surface area contributed by atoms with Crippen molar-refractivity contribution >= 4 is 15.9 Å². The monoisotopic (exact) mass is 572 g/mol. The van der Waals surface area contributed by atoms with E-state index in [0.29, 0.717) is 17.9 Å². The van der Waals surface area contributed by atoms with Crippen LogP contribution in [0.4, 0.5) is 0 Å². The van der Waals surface area contributed by atoms with E-state index in [1.165, 1.54) is 0 Å². The first-order valence-electron chi connectivity index (χ1n) is 13.6. The van der Waals surface area contributed by atoms with Gasteiger partial charge in [-0.1, -0.05) is 91.0 Å². The minimum atomic E-state index is -3.90. The van der Waals surface area contributed by atoms with E-state index >= 15 is 0 Å². The van der Waals surface area contributed by atoms with Gasteiger partial charge in [0.15, 0.2) is 0 Å². The number of rotatable bonds is 13. The summed E-state index contributed by atoms with van der Waals surface area (Å²) in [6.07, 6.45) is 0.0444. The van der Waals surface area contributed by atoms with Gasteiger partial charge in [0.05, 0.1) is 23.5 Å². The van der Waals surface area contributed by atoms with E-state index in [-0.39, 0.29) is 17.4 Å².